The summed E-state index contributed by atoms with van der Waals surface area (Å²) in [7, 11) is 0. The van der Waals surface area contributed by atoms with Crippen molar-refractivity contribution >= 4 is 27.5 Å². The molecular formula is C20H23N3O3S. The Morgan fingerprint density at radius 1 is 1.15 bits per heavy atom. The number of aryl methyl sites for hydroxylation is 2. The van der Waals surface area contributed by atoms with Crippen LogP contribution >= 0.6 is 11.3 Å². The van der Waals surface area contributed by atoms with Crippen LogP contribution in [-0.2, 0) is 11.3 Å². The first-order chi connectivity index (χ1) is 12.6. The summed E-state index contributed by atoms with van der Waals surface area (Å²) in [6.07, 6.45) is 0. The molecule has 2 heterocycles. The second kappa shape index (κ2) is 6.81. The van der Waals surface area contributed by atoms with Crippen molar-refractivity contribution in [1.82, 2.24) is 14.5 Å². The average molecular weight is 385 g/mol. The molecule has 3 rings (SSSR count). The highest BCUT2D eigenvalue weighted by Crippen LogP contribution is 2.18. The van der Waals surface area contributed by atoms with Crippen LogP contribution in [0, 0.1) is 13.8 Å². The molecule has 1 aromatic carbocycles. The fraction of sp³-hybridized carbons (Fsp3) is 0.350. The summed E-state index contributed by atoms with van der Waals surface area (Å²) in [6, 6.07) is 7.34. The Kier molecular flexibility index (Phi) is 4.82. The van der Waals surface area contributed by atoms with Gasteiger partial charge < -0.3 is 5.32 Å². The van der Waals surface area contributed by atoms with E-state index < -0.39 is 11.2 Å². The third-order valence-corrected chi connectivity index (χ3v) is 5.07. The normalized spacial score (nSPS) is 11.7. The highest BCUT2D eigenvalue weighted by Gasteiger charge is 2.20. The molecule has 1 N–H and O–H groups in total. The third-order valence-electron chi connectivity index (χ3n) is 4.18. The number of amides is 1. The predicted octanol–water partition coefficient (Wildman–Crippen LogP) is 2.75. The minimum absolute atomic E-state index is 0.144. The molecule has 0 radical (unpaired) electrons. The zero-order valence-electron chi connectivity index (χ0n) is 16.1. The lowest BCUT2D eigenvalue weighted by atomic mass is 10.1. The Morgan fingerprint density at radius 3 is 2.52 bits per heavy atom. The van der Waals surface area contributed by atoms with Gasteiger partial charge in [-0.3, -0.25) is 14.2 Å². The van der Waals surface area contributed by atoms with Gasteiger partial charge in [0.1, 0.15) is 11.2 Å². The fourth-order valence-corrected chi connectivity index (χ4v) is 3.84. The second-order valence-corrected chi connectivity index (χ2v) is 8.65. The van der Waals surface area contributed by atoms with E-state index in [0.29, 0.717) is 15.9 Å². The number of nitrogens with zero attached hydrogens (tertiary/aromatic N) is 2. The first-order valence-corrected chi connectivity index (χ1v) is 9.58. The van der Waals surface area contributed by atoms with Crippen molar-refractivity contribution in [2.75, 3.05) is 0 Å². The highest BCUT2D eigenvalue weighted by molar-refractivity contribution is 7.17. The van der Waals surface area contributed by atoms with E-state index in [9.17, 15) is 14.4 Å². The van der Waals surface area contributed by atoms with E-state index in [2.05, 4.69) is 5.32 Å². The molecule has 0 spiro atoms. The quantitative estimate of drug-likeness (QED) is 0.753. The summed E-state index contributed by atoms with van der Waals surface area (Å²) in [5, 5.41) is 4.62. The van der Waals surface area contributed by atoms with Gasteiger partial charge in [0.2, 0.25) is 5.91 Å². The van der Waals surface area contributed by atoms with Gasteiger partial charge in [0.25, 0.3) is 5.56 Å². The van der Waals surface area contributed by atoms with Crippen LogP contribution in [0.5, 0.6) is 0 Å². The summed E-state index contributed by atoms with van der Waals surface area (Å²) >= 11 is 1.27. The Labute approximate surface area is 161 Å². The predicted molar refractivity (Wildman–Crippen MR) is 109 cm³/mol. The minimum atomic E-state index is -0.511. The number of fused-ring (bicyclic) bond motifs is 1. The smallest absolute Gasteiger partial charge is 0.336 e. The molecule has 0 aliphatic carbocycles. The van der Waals surface area contributed by atoms with E-state index in [0.717, 1.165) is 11.1 Å². The van der Waals surface area contributed by atoms with Gasteiger partial charge in [-0.2, -0.15) is 0 Å². The summed E-state index contributed by atoms with van der Waals surface area (Å²) in [5.74, 6) is -0.275. The molecule has 0 bridgehead atoms. The molecule has 0 saturated heterocycles. The molecule has 0 atom stereocenters. The van der Waals surface area contributed by atoms with E-state index in [1.165, 1.54) is 20.5 Å². The lowest BCUT2D eigenvalue weighted by Crippen LogP contribution is -2.46. The Morgan fingerprint density at radius 2 is 1.85 bits per heavy atom. The molecule has 27 heavy (non-hydrogen) atoms. The van der Waals surface area contributed by atoms with Gasteiger partial charge in [0.05, 0.1) is 11.2 Å². The number of aromatic nitrogens is 2. The number of hydrogen-bond donors (Lipinski definition) is 1. The van der Waals surface area contributed by atoms with E-state index in [1.807, 2.05) is 52.8 Å². The van der Waals surface area contributed by atoms with Crippen LogP contribution < -0.4 is 16.6 Å². The van der Waals surface area contributed by atoms with Gasteiger partial charge >= 0.3 is 5.69 Å². The zero-order chi connectivity index (χ0) is 19.9. The molecule has 1 amide bonds. The molecule has 0 aliphatic heterocycles. The van der Waals surface area contributed by atoms with Gasteiger partial charge in [-0.05, 0) is 63.3 Å². The largest absolute Gasteiger partial charge is 0.350 e. The molecule has 0 saturated carbocycles. The maximum atomic E-state index is 13.2. The van der Waals surface area contributed by atoms with Crippen LogP contribution in [0.25, 0.3) is 15.9 Å². The van der Waals surface area contributed by atoms with Gasteiger partial charge in [0.15, 0.2) is 0 Å². The third kappa shape index (κ3) is 3.73. The molecular weight excluding hydrogens is 362 g/mol. The van der Waals surface area contributed by atoms with Crippen molar-refractivity contribution in [3.63, 3.8) is 0 Å². The summed E-state index contributed by atoms with van der Waals surface area (Å²) in [5.41, 5.74) is 1.53. The van der Waals surface area contributed by atoms with Crippen LogP contribution in [-0.4, -0.2) is 20.6 Å². The molecule has 0 aliphatic rings. The number of thiophene rings is 1. The molecule has 6 nitrogen and oxygen atoms in total. The molecule has 7 heteroatoms. The number of rotatable bonds is 3. The van der Waals surface area contributed by atoms with E-state index in [-0.39, 0.29) is 18.0 Å². The molecule has 2 aromatic heterocycles. The van der Waals surface area contributed by atoms with Crippen molar-refractivity contribution in [3.8, 4) is 5.69 Å². The number of carbonyl (C=O) groups is 1. The van der Waals surface area contributed by atoms with Crippen molar-refractivity contribution in [3.05, 3.63) is 61.6 Å². The summed E-state index contributed by atoms with van der Waals surface area (Å²) < 4.78 is 3.00. The maximum absolute atomic E-state index is 13.2. The number of carbonyl (C=O) groups excluding carboxylic acids is 1. The fourth-order valence-electron chi connectivity index (χ4n) is 3.01. The maximum Gasteiger partial charge on any atom is 0.336 e. The Bertz CT molecular complexity index is 1150. The first-order valence-electron chi connectivity index (χ1n) is 8.70. The van der Waals surface area contributed by atoms with Gasteiger partial charge in [-0.25, -0.2) is 9.36 Å². The molecule has 142 valence electrons. The van der Waals surface area contributed by atoms with Crippen molar-refractivity contribution in [2.45, 2.75) is 46.7 Å². The van der Waals surface area contributed by atoms with Gasteiger partial charge in [0, 0.05) is 5.54 Å². The highest BCUT2D eigenvalue weighted by atomic mass is 32.1. The lowest BCUT2D eigenvalue weighted by Gasteiger charge is -2.21. The van der Waals surface area contributed by atoms with Gasteiger partial charge in [-0.1, -0.05) is 12.1 Å². The van der Waals surface area contributed by atoms with Crippen LogP contribution in [0.2, 0.25) is 0 Å². The summed E-state index contributed by atoms with van der Waals surface area (Å²) in [6.45, 7) is 9.26. The first kappa shape index (κ1) is 19.1. The topological polar surface area (TPSA) is 73.1 Å². The number of benzene rings is 1. The standard InChI is InChI=1S/C20H23N3O3S/c1-12-6-7-13(2)15(10-12)23-18(25)17-14(8-9-27-17)22(19(23)26)11-16(24)21-20(3,4)5/h6-10H,11H2,1-5H3,(H,21,24). The Hall–Kier alpha value is -2.67. The second-order valence-electron chi connectivity index (χ2n) is 7.73. The summed E-state index contributed by atoms with van der Waals surface area (Å²) in [4.78, 5) is 38.7. The lowest BCUT2D eigenvalue weighted by molar-refractivity contribution is -0.123. The molecule has 0 fully saturated rings. The van der Waals surface area contributed by atoms with Crippen LogP contribution in [0.15, 0.2) is 39.2 Å². The zero-order valence-corrected chi connectivity index (χ0v) is 16.9. The van der Waals surface area contributed by atoms with Crippen molar-refractivity contribution in [1.29, 1.82) is 0 Å². The van der Waals surface area contributed by atoms with Crippen molar-refractivity contribution < 1.29 is 4.79 Å². The van der Waals surface area contributed by atoms with Crippen LogP contribution in [0.3, 0.4) is 0 Å². The van der Waals surface area contributed by atoms with Crippen LogP contribution in [0.1, 0.15) is 31.9 Å². The van der Waals surface area contributed by atoms with E-state index in [4.69, 9.17) is 0 Å². The molecule has 0 unspecified atom stereocenters. The number of hydrogen-bond acceptors (Lipinski definition) is 4. The monoisotopic (exact) mass is 385 g/mol. The Balaban J connectivity index is 2.25. The minimum Gasteiger partial charge on any atom is -0.350 e. The van der Waals surface area contributed by atoms with E-state index >= 15 is 0 Å². The van der Waals surface area contributed by atoms with Crippen LogP contribution in [0.4, 0.5) is 0 Å². The van der Waals surface area contributed by atoms with Gasteiger partial charge in [-0.15, -0.1) is 11.3 Å². The number of nitrogens with one attached hydrogen (secondary N) is 1. The average Bonchev–Trinajstić information content (AvgIpc) is 3.03. The van der Waals surface area contributed by atoms with Crippen molar-refractivity contribution in [2.24, 2.45) is 0 Å². The SMILES string of the molecule is Cc1ccc(C)c(-n2c(=O)c3sccc3n(CC(=O)NC(C)(C)C)c2=O)c1. The molecule has 3 aromatic rings. The van der Waals surface area contributed by atoms with E-state index in [1.54, 1.807) is 11.4 Å².